The van der Waals surface area contributed by atoms with E-state index in [1.54, 1.807) is 0 Å². The minimum Gasteiger partial charge on any atom is -0.346 e. The largest absolute Gasteiger partial charge is 0.346 e. The van der Waals surface area contributed by atoms with Gasteiger partial charge in [-0.1, -0.05) is 55.2 Å². The van der Waals surface area contributed by atoms with Crippen LogP contribution in [-0.2, 0) is 0 Å². The predicted molar refractivity (Wildman–Crippen MR) is 80.4 cm³/mol. The third-order valence-corrected chi connectivity index (χ3v) is 10.4. The van der Waals surface area contributed by atoms with E-state index in [9.17, 15) is 0 Å². The molecule has 0 radical (unpaired) electrons. The highest BCUT2D eigenvalue weighted by atomic mass is 79.9. The first-order valence-electron chi connectivity index (χ1n) is 5.03. The van der Waals surface area contributed by atoms with Gasteiger partial charge in [0.05, 0.1) is 0 Å². The van der Waals surface area contributed by atoms with Gasteiger partial charge in [-0.3, -0.25) is 0 Å². The highest BCUT2D eigenvalue weighted by molar-refractivity contribution is 9.09. The number of rotatable bonds is 5. The molecule has 0 aromatic carbocycles. The average Bonchev–Trinajstić information content (AvgIpc) is 1.81. The molecule has 0 amide bonds. The quantitative estimate of drug-likeness (QED) is 0.558. The molecule has 1 nitrogen and oxygen atoms in total. The Balaban J connectivity index is 0. The van der Waals surface area contributed by atoms with Crippen LogP contribution in [0.2, 0.25) is 39.3 Å². The van der Waals surface area contributed by atoms with E-state index in [0.29, 0.717) is 0 Å². The van der Waals surface area contributed by atoms with Crippen LogP contribution in [0.5, 0.6) is 0 Å². The maximum Gasteiger partial charge on any atom is 0.316 e. The third kappa shape index (κ3) is 7.00. The Morgan fingerprint density at radius 2 is 1.29 bits per heavy atom. The summed E-state index contributed by atoms with van der Waals surface area (Å²) in [6.07, 6.45) is 1.29. The highest BCUT2D eigenvalue weighted by Crippen LogP contribution is 2.19. The summed E-state index contributed by atoms with van der Waals surface area (Å²) in [4.78, 5) is 0. The molecule has 0 unspecified atom stereocenters. The summed E-state index contributed by atoms with van der Waals surface area (Å²) in [7, 11) is -2.17. The van der Waals surface area contributed by atoms with Gasteiger partial charge in [0.2, 0.25) is 0 Å². The summed E-state index contributed by atoms with van der Waals surface area (Å²) < 4.78 is 2.83. The van der Waals surface area contributed by atoms with E-state index in [-0.39, 0.29) is 23.1 Å². The maximum atomic E-state index is 3.52. The van der Waals surface area contributed by atoms with Gasteiger partial charge in [0, 0.05) is 5.33 Å². The SMILES string of the molecule is C[Si](C)(C)N(CCCBr)[Si](C)(C)C.[MgH2]. The summed E-state index contributed by atoms with van der Waals surface area (Å²) in [6.45, 7) is 16.0. The molecule has 0 fully saturated rings. The lowest BCUT2D eigenvalue weighted by atomic mass is 10.5. The minimum atomic E-state index is -1.09. The van der Waals surface area contributed by atoms with Gasteiger partial charge in [-0.05, 0) is 13.0 Å². The van der Waals surface area contributed by atoms with Gasteiger partial charge >= 0.3 is 23.1 Å². The fourth-order valence-electron chi connectivity index (χ4n) is 1.89. The monoisotopic (exact) mass is 307 g/mol. The number of hydrogen-bond donors (Lipinski definition) is 0. The van der Waals surface area contributed by atoms with Crippen LogP contribution < -0.4 is 0 Å². The first kappa shape index (κ1) is 18.0. The van der Waals surface area contributed by atoms with Crippen molar-refractivity contribution in [3.8, 4) is 0 Å². The van der Waals surface area contributed by atoms with Crippen molar-refractivity contribution in [2.45, 2.75) is 45.7 Å². The van der Waals surface area contributed by atoms with Crippen molar-refractivity contribution in [3.63, 3.8) is 0 Å². The van der Waals surface area contributed by atoms with Crippen molar-refractivity contribution in [2.75, 3.05) is 11.9 Å². The molecule has 14 heavy (non-hydrogen) atoms. The maximum absolute atomic E-state index is 3.52. The summed E-state index contributed by atoms with van der Waals surface area (Å²) in [5.41, 5.74) is 0. The van der Waals surface area contributed by atoms with Gasteiger partial charge in [-0.2, -0.15) is 0 Å². The van der Waals surface area contributed by atoms with Crippen LogP contribution >= 0.6 is 15.9 Å². The van der Waals surface area contributed by atoms with Crippen molar-refractivity contribution in [2.24, 2.45) is 0 Å². The van der Waals surface area contributed by atoms with E-state index >= 15 is 0 Å². The Bertz CT molecular complexity index is 140. The molecule has 0 aliphatic carbocycles. The molecule has 84 valence electrons. The van der Waals surface area contributed by atoms with Gasteiger partial charge in [0.1, 0.15) is 16.5 Å². The Morgan fingerprint density at radius 1 is 0.929 bits per heavy atom. The van der Waals surface area contributed by atoms with Crippen LogP contribution in [0.1, 0.15) is 6.42 Å². The average molecular weight is 309 g/mol. The topological polar surface area (TPSA) is 3.24 Å². The summed E-state index contributed by atoms with van der Waals surface area (Å²) in [6, 6.07) is 0. The lowest BCUT2D eigenvalue weighted by Gasteiger charge is -2.43. The minimum absolute atomic E-state index is 0. The fourth-order valence-corrected chi connectivity index (χ4v) is 11.9. The Kier molecular flexibility index (Phi) is 9.09. The molecular weight excluding hydrogens is 282 g/mol. The summed E-state index contributed by atoms with van der Waals surface area (Å²) >= 11 is 3.52. The van der Waals surface area contributed by atoms with Crippen molar-refractivity contribution in [3.05, 3.63) is 0 Å². The van der Waals surface area contributed by atoms with Crippen LogP contribution in [0.25, 0.3) is 0 Å². The highest BCUT2D eigenvalue weighted by Gasteiger charge is 2.33. The second-order valence-corrected chi connectivity index (χ2v) is 16.5. The third-order valence-electron chi connectivity index (χ3n) is 2.13. The van der Waals surface area contributed by atoms with Crippen molar-refractivity contribution >= 4 is 55.5 Å². The van der Waals surface area contributed by atoms with Crippen LogP contribution in [0, 0.1) is 0 Å². The predicted octanol–water partition coefficient (Wildman–Crippen LogP) is 2.83. The van der Waals surface area contributed by atoms with Crippen molar-refractivity contribution in [1.82, 2.24) is 4.23 Å². The van der Waals surface area contributed by atoms with E-state index in [0.717, 1.165) is 5.33 Å². The first-order valence-corrected chi connectivity index (χ1v) is 13.0. The van der Waals surface area contributed by atoms with Crippen LogP contribution in [0.3, 0.4) is 0 Å². The van der Waals surface area contributed by atoms with Gasteiger partial charge in [0.25, 0.3) is 0 Å². The molecule has 0 N–H and O–H groups in total. The van der Waals surface area contributed by atoms with Gasteiger partial charge in [-0.25, -0.2) is 0 Å². The van der Waals surface area contributed by atoms with E-state index in [4.69, 9.17) is 0 Å². The molecule has 0 aromatic heterocycles. The van der Waals surface area contributed by atoms with E-state index in [2.05, 4.69) is 59.4 Å². The molecule has 0 saturated carbocycles. The van der Waals surface area contributed by atoms with Crippen molar-refractivity contribution < 1.29 is 0 Å². The number of nitrogens with zero attached hydrogens (tertiary/aromatic N) is 1. The molecular formula is C9H26BrMgNSi2. The second-order valence-electron chi connectivity index (χ2n) is 5.54. The van der Waals surface area contributed by atoms with Crippen molar-refractivity contribution in [1.29, 1.82) is 0 Å². The van der Waals surface area contributed by atoms with E-state index < -0.39 is 16.5 Å². The lowest BCUT2D eigenvalue weighted by molar-refractivity contribution is 0.606. The summed E-state index contributed by atoms with van der Waals surface area (Å²) in [5.74, 6) is 0. The molecule has 0 rings (SSSR count). The van der Waals surface area contributed by atoms with Crippen LogP contribution in [-0.4, -0.2) is 55.6 Å². The second kappa shape index (κ2) is 7.06. The fraction of sp³-hybridized carbons (Fsp3) is 1.00. The lowest BCUT2D eigenvalue weighted by Crippen LogP contribution is -2.59. The summed E-state index contributed by atoms with van der Waals surface area (Å²) in [5, 5.41) is 1.14. The Hall–Kier alpha value is 1.64. The van der Waals surface area contributed by atoms with Crippen LogP contribution in [0.15, 0.2) is 0 Å². The molecule has 0 heterocycles. The van der Waals surface area contributed by atoms with Gasteiger partial charge in [-0.15, -0.1) is 0 Å². The van der Waals surface area contributed by atoms with Gasteiger partial charge < -0.3 is 4.23 Å². The Labute approximate surface area is 116 Å². The molecule has 0 aliphatic rings. The van der Waals surface area contributed by atoms with E-state index in [1.807, 2.05) is 0 Å². The zero-order valence-corrected chi connectivity index (χ0v) is 13.5. The van der Waals surface area contributed by atoms with Gasteiger partial charge in [0.15, 0.2) is 0 Å². The molecule has 0 bridgehead atoms. The molecule has 0 atom stereocenters. The molecule has 0 saturated heterocycles. The van der Waals surface area contributed by atoms with E-state index in [1.165, 1.54) is 13.0 Å². The number of hydrogen-bond acceptors (Lipinski definition) is 1. The molecule has 5 heteroatoms. The molecule has 0 aromatic rings. The normalized spacial score (nSPS) is 12.9. The number of alkyl halides is 1. The first-order chi connectivity index (χ1) is 5.69. The zero-order chi connectivity index (χ0) is 10.7. The Morgan fingerprint density at radius 3 is 1.50 bits per heavy atom. The molecule has 0 aliphatic heterocycles. The standard InChI is InChI=1S/C9H24BrNSi2.Mg.2H/c1-12(2,3)11(9-7-8-10)13(4,5)6;;;/h7-9H2,1-6H3;;;. The smallest absolute Gasteiger partial charge is 0.316 e. The number of halogens is 1. The zero-order valence-electron chi connectivity index (χ0n) is 9.95. The molecule has 0 spiro atoms. The van der Waals surface area contributed by atoms with Crippen LogP contribution in [0.4, 0.5) is 0 Å².